The molecule has 0 aromatic heterocycles. The number of hydrogen-bond donors (Lipinski definition) is 0. The van der Waals surface area contributed by atoms with Crippen molar-refractivity contribution in [1.29, 1.82) is 0 Å². The highest BCUT2D eigenvalue weighted by Crippen LogP contribution is 2.33. The highest BCUT2D eigenvalue weighted by atomic mass is 19.1. The second-order valence-corrected chi connectivity index (χ2v) is 6.37. The Kier molecular flexibility index (Phi) is 6.22. The predicted octanol–water partition coefficient (Wildman–Crippen LogP) is 5.87. The van der Waals surface area contributed by atoms with Crippen molar-refractivity contribution in [2.75, 3.05) is 0 Å². The lowest BCUT2D eigenvalue weighted by Gasteiger charge is -2.27. The summed E-state index contributed by atoms with van der Waals surface area (Å²) >= 11 is 0. The van der Waals surface area contributed by atoms with Gasteiger partial charge in [0.2, 0.25) is 0 Å². The van der Waals surface area contributed by atoms with Gasteiger partial charge in [-0.1, -0.05) is 37.1 Å². The van der Waals surface area contributed by atoms with Gasteiger partial charge in [0.25, 0.3) is 0 Å². The molecule has 1 saturated carbocycles. The highest BCUT2D eigenvalue weighted by molar-refractivity contribution is 5.25. The van der Waals surface area contributed by atoms with Crippen molar-refractivity contribution in [2.24, 2.45) is 11.8 Å². The Labute approximate surface area is 128 Å². The van der Waals surface area contributed by atoms with Crippen molar-refractivity contribution in [1.82, 2.24) is 0 Å². The van der Waals surface area contributed by atoms with Crippen LogP contribution in [0.4, 0.5) is 4.39 Å². The zero-order chi connectivity index (χ0) is 15.1. The van der Waals surface area contributed by atoms with E-state index in [1.54, 1.807) is 6.07 Å². The SMILES string of the molecule is C=CCc1ccc(CCC2CCC(CC=C)CC2)c(F)c1. The van der Waals surface area contributed by atoms with Gasteiger partial charge in [0.15, 0.2) is 0 Å². The number of halogens is 1. The van der Waals surface area contributed by atoms with Gasteiger partial charge in [-0.15, -0.1) is 13.2 Å². The van der Waals surface area contributed by atoms with Gasteiger partial charge < -0.3 is 0 Å². The lowest BCUT2D eigenvalue weighted by atomic mass is 9.78. The third-order valence-electron chi connectivity index (χ3n) is 4.79. The van der Waals surface area contributed by atoms with Crippen LogP contribution in [0.1, 0.15) is 49.7 Å². The zero-order valence-corrected chi connectivity index (χ0v) is 13.0. The molecule has 1 aliphatic carbocycles. The first-order valence-corrected chi connectivity index (χ1v) is 8.22. The molecule has 0 unspecified atom stereocenters. The lowest BCUT2D eigenvalue weighted by molar-refractivity contribution is 0.264. The smallest absolute Gasteiger partial charge is 0.126 e. The molecule has 114 valence electrons. The Bertz CT molecular complexity index is 467. The fraction of sp³-hybridized carbons (Fsp3) is 0.500. The van der Waals surface area contributed by atoms with E-state index in [1.807, 2.05) is 24.3 Å². The predicted molar refractivity (Wildman–Crippen MR) is 88.9 cm³/mol. The molecule has 1 aromatic rings. The van der Waals surface area contributed by atoms with Crippen LogP contribution < -0.4 is 0 Å². The van der Waals surface area contributed by atoms with Gasteiger partial charge in [0, 0.05) is 0 Å². The third-order valence-corrected chi connectivity index (χ3v) is 4.79. The molecule has 0 saturated heterocycles. The van der Waals surface area contributed by atoms with Crippen LogP contribution in [0.5, 0.6) is 0 Å². The average Bonchev–Trinajstić information content (AvgIpc) is 2.49. The molecule has 0 aliphatic heterocycles. The molecule has 0 nitrogen and oxygen atoms in total. The van der Waals surface area contributed by atoms with E-state index < -0.39 is 0 Å². The summed E-state index contributed by atoms with van der Waals surface area (Å²) < 4.78 is 14.0. The maximum absolute atomic E-state index is 14.0. The number of aryl methyl sites for hydroxylation is 1. The summed E-state index contributed by atoms with van der Waals surface area (Å²) in [5, 5.41) is 0. The Hall–Kier alpha value is -1.37. The van der Waals surface area contributed by atoms with Gasteiger partial charge in [0.1, 0.15) is 5.82 Å². The fourth-order valence-corrected chi connectivity index (χ4v) is 3.44. The molecule has 0 bridgehead atoms. The van der Waals surface area contributed by atoms with Crippen molar-refractivity contribution < 1.29 is 4.39 Å². The van der Waals surface area contributed by atoms with Crippen molar-refractivity contribution in [3.05, 3.63) is 60.5 Å². The maximum atomic E-state index is 14.0. The minimum atomic E-state index is -0.0466. The first-order valence-electron chi connectivity index (χ1n) is 8.22. The molecular formula is C20H27F. The molecule has 0 radical (unpaired) electrons. The van der Waals surface area contributed by atoms with Crippen LogP contribution in [0.3, 0.4) is 0 Å². The van der Waals surface area contributed by atoms with E-state index in [0.717, 1.165) is 48.6 Å². The summed E-state index contributed by atoms with van der Waals surface area (Å²) in [6.07, 6.45) is 13.0. The number of benzene rings is 1. The van der Waals surface area contributed by atoms with E-state index in [1.165, 1.54) is 25.7 Å². The third kappa shape index (κ3) is 4.84. The quantitative estimate of drug-likeness (QED) is 0.550. The van der Waals surface area contributed by atoms with Crippen molar-refractivity contribution in [3.63, 3.8) is 0 Å². The van der Waals surface area contributed by atoms with Crippen LogP contribution in [0, 0.1) is 17.7 Å². The molecule has 2 rings (SSSR count). The van der Waals surface area contributed by atoms with E-state index in [4.69, 9.17) is 0 Å². The van der Waals surface area contributed by atoms with Crippen LogP contribution in [0.25, 0.3) is 0 Å². The van der Waals surface area contributed by atoms with Gasteiger partial charge in [-0.3, -0.25) is 0 Å². The van der Waals surface area contributed by atoms with Crippen molar-refractivity contribution >= 4 is 0 Å². The van der Waals surface area contributed by atoms with E-state index in [-0.39, 0.29) is 5.82 Å². The molecule has 0 heterocycles. The zero-order valence-electron chi connectivity index (χ0n) is 13.0. The van der Waals surface area contributed by atoms with Crippen molar-refractivity contribution in [3.8, 4) is 0 Å². The molecule has 0 N–H and O–H groups in total. The topological polar surface area (TPSA) is 0 Å². The molecule has 0 atom stereocenters. The lowest BCUT2D eigenvalue weighted by Crippen LogP contribution is -2.15. The number of hydrogen-bond acceptors (Lipinski definition) is 0. The Morgan fingerprint density at radius 3 is 2.38 bits per heavy atom. The summed E-state index contributed by atoms with van der Waals surface area (Å²) in [5.41, 5.74) is 1.88. The van der Waals surface area contributed by atoms with Crippen LogP contribution >= 0.6 is 0 Å². The molecule has 1 fully saturated rings. The largest absolute Gasteiger partial charge is 0.207 e. The van der Waals surface area contributed by atoms with Crippen LogP contribution in [0.2, 0.25) is 0 Å². The van der Waals surface area contributed by atoms with E-state index >= 15 is 0 Å². The van der Waals surface area contributed by atoms with Gasteiger partial charge in [0.05, 0.1) is 0 Å². The second-order valence-electron chi connectivity index (χ2n) is 6.37. The highest BCUT2D eigenvalue weighted by Gasteiger charge is 2.20. The van der Waals surface area contributed by atoms with Gasteiger partial charge in [-0.2, -0.15) is 0 Å². The minimum Gasteiger partial charge on any atom is -0.207 e. The van der Waals surface area contributed by atoms with Crippen LogP contribution in [0.15, 0.2) is 43.5 Å². The molecule has 0 amide bonds. The van der Waals surface area contributed by atoms with E-state index in [9.17, 15) is 4.39 Å². The molecule has 21 heavy (non-hydrogen) atoms. The summed E-state index contributed by atoms with van der Waals surface area (Å²) in [5.74, 6) is 1.57. The van der Waals surface area contributed by atoms with Crippen LogP contribution in [-0.2, 0) is 12.8 Å². The summed E-state index contributed by atoms with van der Waals surface area (Å²) in [6.45, 7) is 7.53. The summed E-state index contributed by atoms with van der Waals surface area (Å²) in [7, 11) is 0. The molecule has 1 heteroatoms. The van der Waals surface area contributed by atoms with Crippen molar-refractivity contribution in [2.45, 2.75) is 51.4 Å². The Morgan fingerprint density at radius 1 is 1.05 bits per heavy atom. The maximum Gasteiger partial charge on any atom is 0.126 e. The molecular weight excluding hydrogens is 259 g/mol. The normalized spacial score (nSPS) is 22.0. The fourth-order valence-electron chi connectivity index (χ4n) is 3.44. The summed E-state index contributed by atoms with van der Waals surface area (Å²) in [4.78, 5) is 0. The van der Waals surface area contributed by atoms with E-state index in [0.29, 0.717) is 0 Å². The second kappa shape index (κ2) is 8.17. The molecule has 0 spiro atoms. The van der Waals surface area contributed by atoms with E-state index in [2.05, 4.69) is 13.2 Å². The molecule has 1 aromatic carbocycles. The Balaban J connectivity index is 1.81. The first-order chi connectivity index (χ1) is 10.2. The standard InChI is InChI=1S/C20H27F/c1-3-5-16-7-9-17(10-8-16)11-13-19-14-12-18(6-4-2)15-20(19)21/h3-4,12,14-17H,1-2,5-11,13H2. The average molecular weight is 286 g/mol. The van der Waals surface area contributed by atoms with Crippen LogP contribution in [-0.4, -0.2) is 0 Å². The number of allylic oxidation sites excluding steroid dienone is 2. The minimum absolute atomic E-state index is 0.0466. The monoisotopic (exact) mass is 286 g/mol. The number of rotatable bonds is 7. The van der Waals surface area contributed by atoms with Gasteiger partial charge in [-0.05, 0) is 67.6 Å². The first kappa shape index (κ1) is 16.0. The Morgan fingerprint density at radius 2 is 1.76 bits per heavy atom. The van der Waals surface area contributed by atoms with Gasteiger partial charge in [-0.25, -0.2) is 4.39 Å². The summed E-state index contributed by atoms with van der Waals surface area (Å²) in [6, 6.07) is 5.65. The van der Waals surface area contributed by atoms with Gasteiger partial charge >= 0.3 is 0 Å². The molecule has 1 aliphatic rings.